The summed E-state index contributed by atoms with van der Waals surface area (Å²) in [5, 5.41) is 20.0. The number of nitrogens with one attached hydrogen (secondary N) is 3. The van der Waals surface area contributed by atoms with E-state index in [4.69, 9.17) is 9.72 Å². The lowest BCUT2D eigenvalue weighted by atomic mass is 9.89. The topological polar surface area (TPSA) is 165 Å². The molecule has 0 radical (unpaired) electrons. The number of aromatic nitrogens is 3. The second-order valence-electron chi connectivity index (χ2n) is 17.3. The van der Waals surface area contributed by atoms with Crippen molar-refractivity contribution in [2.45, 2.75) is 64.0 Å². The Balaban J connectivity index is 0.874. The zero-order chi connectivity index (χ0) is 46.0. The van der Waals surface area contributed by atoms with Crippen molar-refractivity contribution in [1.29, 1.82) is 0 Å². The fourth-order valence-corrected chi connectivity index (χ4v) is 11.2. The summed E-state index contributed by atoms with van der Waals surface area (Å²) in [4.78, 5) is 45.0. The molecule has 3 saturated heterocycles. The molecule has 3 aromatic carbocycles. The molecule has 5 heterocycles. The summed E-state index contributed by atoms with van der Waals surface area (Å²) in [6, 6.07) is 14.6. The Morgan fingerprint density at radius 1 is 0.938 bits per heavy atom. The summed E-state index contributed by atoms with van der Waals surface area (Å²) in [5.41, 5.74) is 5.16. The van der Waals surface area contributed by atoms with E-state index in [1.165, 1.54) is 17.7 Å². The average Bonchev–Trinajstić information content (AvgIpc) is 3.29. The Morgan fingerprint density at radius 2 is 1.68 bits per heavy atom. The molecule has 3 aliphatic heterocycles. The van der Waals surface area contributed by atoms with Crippen LogP contribution in [0.25, 0.3) is 10.9 Å². The molecule has 65 heavy (non-hydrogen) atoms. The maximum atomic E-state index is 15.1. The second kappa shape index (κ2) is 19.8. The summed E-state index contributed by atoms with van der Waals surface area (Å²) in [7, 11) is -1.16. The van der Waals surface area contributed by atoms with E-state index in [1.807, 2.05) is 18.2 Å². The third-order valence-corrected chi connectivity index (χ3v) is 14.9. The number of fused-ring (bicyclic) bond motifs is 1. The van der Waals surface area contributed by atoms with Crippen molar-refractivity contribution in [3.63, 3.8) is 0 Å². The number of halogens is 3. The average molecular weight is 975 g/mol. The van der Waals surface area contributed by atoms with Crippen molar-refractivity contribution in [2.24, 2.45) is 0 Å². The first kappa shape index (κ1) is 46.5. The number of hydrogen-bond acceptors (Lipinski definition) is 13. The molecular weight excluding hydrogens is 919 g/mol. The number of anilines is 5. The van der Waals surface area contributed by atoms with Gasteiger partial charge in [0.15, 0.2) is 0 Å². The van der Waals surface area contributed by atoms with Crippen LogP contribution in [0, 0.1) is 11.6 Å². The van der Waals surface area contributed by atoms with E-state index in [2.05, 4.69) is 75.6 Å². The van der Waals surface area contributed by atoms with Crippen LogP contribution in [0.3, 0.4) is 0 Å². The number of ether oxygens (including phenoxy) is 1. The van der Waals surface area contributed by atoms with Crippen molar-refractivity contribution in [1.82, 2.24) is 30.1 Å². The Labute approximate surface area is 386 Å². The van der Waals surface area contributed by atoms with Gasteiger partial charge in [0.1, 0.15) is 30.3 Å². The Kier molecular flexibility index (Phi) is 14.2. The van der Waals surface area contributed by atoms with E-state index in [-0.39, 0.29) is 25.0 Å². The monoisotopic (exact) mass is 973 g/mol. The largest absolute Gasteiger partial charge is 0.494 e. The third kappa shape index (κ3) is 10.3. The Morgan fingerprint density at radius 3 is 2.34 bits per heavy atom. The number of aliphatic hydroxyl groups excluding tert-OH is 1. The Hall–Kier alpha value is -5.06. The molecule has 4 N–H and O–H groups in total. The number of piperazine rings is 1. The summed E-state index contributed by atoms with van der Waals surface area (Å²) < 4.78 is 50.4. The molecule has 0 aliphatic carbocycles. The van der Waals surface area contributed by atoms with Gasteiger partial charge < -0.3 is 34.8 Å². The first-order valence-corrected chi connectivity index (χ1v) is 25.5. The molecule has 8 rings (SSSR count). The fourth-order valence-electron chi connectivity index (χ4n) is 9.42. The molecule has 1 atom stereocenters. The molecule has 0 saturated carbocycles. The van der Waals surface area contributed by atoms with Gasteiger partial charge in [0.25, 0.3) is 0 Å². The second-order valence-corrected chi connectivity index (χ2v) is 21.3. The fraction of sp³-hybridized carbons (Fsp3) is 0.426. The van der Waals surface area contributed by atoms with Gasteiger partial charge in [0.05, 0.1) is 46.7 Å². The number of piperidine rings is 2. The number of methoxy groups -OCH3 is 1. The number of carbonyl (C=O) groups excluding carboxylic acids is 2. The van der Waals surface area contributed by atoms with E-state index in [9.17, 15) is 19.3 Å². The van der Waals surface area contributed by atoms with Gasteiger partial charge in [-0.25, -0.2) is 13.8 Å². The number of nitrogens with zero attached hydrogens (tertiary/aromatic N) is 6. The smallest absolute Gasteiger partial charge is 0.234 e. The molecule has 0 bridgehead atoms. The number of hydrogen-bond donors (Lipinski definition) is 4. The number of pyridine rings is 1. The number of imide groups is 1. The number of amides is 2. The van der Waals surface area contributed by atoms with Gasteiger partial charge in [-0.05, 0) is 109 Å². The summed E-state index contributed by atoms with van der Waals surface area (Å²) in [6.45, 7) is 11.5. The van der Waals surface area contributed by atoms with E-state index in [1.54, 1.807) is 32.7 Å². The van der Waals surface area contributed by atoms with E-state index >= 15 is 8.78 Å². The summed E-state index contributed by atoms with van der Waals surface area (Å²) in [5.74, 6) is -2.05. The van der Waals surface area contributed by atoms with Crippen LogP contribution in [0.1, 0.15) is 60.9 Å². The first-order valence-electron chi connectivity index (χ1n) is 22.1. The highest BCUT2D eigenvalue weighted by molar-refractivity contribution is 9.10. The van der Waals surface area contributed by atoms with Gasteiger partial charge in [-0.15, -0.1) is 0 Å². The standard InChI is InChI=1S/C47H55BrF2N9O5P/c1-5-29-24-39(54-47-51-26-34(48)45(56-47)53-38-10-9-37-32(44(38)65(3,4)63)7-6-30(27-60)52-37)41(64-2)25-40(29)59-16-13-31(14-17-59)58-20-18-57(19-21-58)15-12-28-22-35(49)43(36(50)23-28)33-8-11-42(61)55-46(33)62/h6-7,9-10,22-26,31,33,60H,5,8,11-21,27H2,1-4H3,(H,55,61,62)(H2,51,53,54,56). The van der Waals surface area contributed by atoms with Crippen LogP contribution in [0.4, 0.5) is 37.6 Å². The van der Waals surface area contributed by atoms with Gasteiger partial charge in [0, 0.05) is 92.5 Å². The van der Waals surface area contributed by atoms with E-state index < -0.39 is 36.5 Å². The molecule has 5 aromatic rings. The molecule has 2 aromatic heterocycles. The van der Waals surface area contributed by atoms with Crippen molar-refractivity contribution < 1.29 is 32.8 Å². The molecule has 3 aliphatic rings. The minimum absolute atomic E-state index is 0.0610. The maximum Gasteiger partial charge on any atom is 0.234 e. The highest BCUT2D eigenvalue weighted by Gasteiger charge is 2.33. The van der Waals surface area contributed by atoms with Gasteiger partial charge >= 0.3 is 0 Å². The minimum atomic E-state index is -2.81. The third-order valence-electron chi connectivity index (χ3n) is 12.8. The van der Waals surface area contributed by atoms with Crippen LogP contribution in [0.15, 0.2) is 59.2 Å². The number of aryl methyl sites for hydroxylation is 1. The molecule has 0 spiro atoms. The number of benzene rings is 3. The maximum absolute atomic E-state index is 15.1. The van der Waals surface area contributed by atoms with Crippen molar-refractivity contribution in [3.8, 4) is 5.75 Å². The zero-order valence-electron chi connectivity index (χ0n) is 37.1. The van der Waals surface area contributed by atoms with Gasteiger partial charge in [-0.1, -0.05) is 13.0 Å². The van der Waals surface area contributed by atoms with Crippen molar-refractivity contribution in [3.05, 3.63) is 93.2 Å². The highest BCUT2D eigenvalue weighted by Crippen LogP contribution is 2.42. The van der Waals surface area contributed by atoms with Crippen LogP contribution in [-0.2, 0) is 33.6 Å². The first-order chi connectivity index (χ1) is 31.2. The predicted molar refractivity (Wildman–Crippen MR) is 254 cm³/mol. The van der Waals surface area contributed by atoms with Crippen LogP contribution in [0.5, 0.6) is 5.75 Å². The summed E-state index contributed by atoms with van der Waals surface area (Å²) in [6.07, 6.45) is 5.17. The lowest BCUT2D eigenvalue weighted by molar-refractivity contribution is -0.134. The molecular formula is C47H55BrF2N9O5P. The molecule has 18 heteroatoms. The molecule has 2 amide bonds. The lowest BCUT2D eigenvalue weighted by Crippen LogP contribution is -2.53. The van der Waals surface area contributed by atoms with Crippen molar-refractivity contribution in [2.75, 3.05) is 81.8 Å². The lowest BCUT2D eigenvalue weighted by Gasteiger charge is -2.43. The SMILES string of the molecule is CCc1cc(Nc2ncc(Br)c(Nc3ccc4nc(CO)ccc4c3P(C)(C)=O)n2)c(OC)cc1N1CCC(N2CCN(CCc3cc(F)c(C4CCC(=O)NC4=O)c(F)c3)CC2)CC1. The van der Waals surface area contributed by atoms with Crippen LogP contribution in [-0.4, -0.2) is 114 Å². The van der Waals surface area contributed by atoms with Crippen LogP contribution < -0.4 is 30.9 Å². The van der Waals surface area contributed by atoms with Gasteiger partial charge in [0.2, 0.25) is 17.8 Å². The van der Waals surface area contributed by atoms with E-state index in [0.717, 1.165) is 75.3 Å². The zero-order valence-corrected chi connectivity index (χ0v) is 39.6. The number of carbonyl (C=O) groups is 2. The van der Waals surface area contributed by atoms with E-state index in [0.29, 0.717) is 68.8 Å². The minimum Gasteiger partial charge on any atom is -0.494 e. The van der Waals surface area contributed by atoms with Crippen LogP contribution in [0.2, 0.25) is 0 Å². The molecule has 14 nitrogen and oxygen atoms in total. The molecule has 1 unspecified atom stereocenters. The number of aliphatic hydroxyl groups is 1. The quantitative estimate of drug-likeness (QED) is 0.0653. The van der Waals surface area contributed by atoms with Crippen molar-refractivity contribution >= 4 is 79.9 Å². The predicted octanol–water partition coefficient (Wildman–Crippen LogP) is 7.21. The number of rotatable bonds is 14. The van der Waals surface area contributed by atoms with Gasteiger partial charge in [-0.2, -0.15) is 4.98 Å². The molecule has 344 valence electrons. The highest BCUT2D eigenvalue weighted by atomic mass is 79.9. The summed E-state index contributed by atoms with van der Waals surface area (Å²) >= 11 is 3.59. The van der Waals surface area contributed by atoms with Crippen LogP contribution >= 0.6 is 23.1 Å². The Bertz CT molecular complexity index is 2630. The van der Waals surface area contributed by atoms with Gasteiger partial charge in [-0.3, -0.25) is 24.8 Å². The normalized spacial score (nSPS) is 18.0. The molecule has 3 fully saturated rings.